The van der Waals surface area contributed by atoms with Crippen LogP contribution in [-0.4, -0.2) is 7.05 Å². The molecule has 2 heterocycles. The lowest BCUT2D eigenvalue weighted by Crippen LogP contribution is -2.17. The molecular formula is C15H14FNOS. The molecule has 0 aliphatic heterocycles. The number of halogens is 1. The van der Waals surface area contributed by atoms with Gasteiger partial charge in [-0.2, -0.15) is 0 Å². The summed E-state index contributed by atoms with van der Waals surface area (Å²) < 4.78 is 19.0. The molecule has 2 aromatic heterocycles. The van der Waals surface area contributed by atoms with Gasteiger partial charge in [0.2, 0.25) is 0 Å². The molecule has 0 radical (unpaired) electrons. The van der Waals surface area contributed by atoms with Crippen molar-refractivity contribution in [2.45, 2.75) is 12.5 Å². The molecule has 0 bridgehead atoms. The fourth-order valence-corrected chi connectivity index (χ4v) is 2.93. The van der Waals surface area contributed by atoms with Gasteiger partial charge in [-0.05, 0) is 42.8 Å². The van der Waals surface area contributed by atoms with Gasteiger partial charge in [-0.1, -0.05) is 6.07 Å². The first-order valence-corrected chi connectivity index (χ1v) is 7.03. The molecule has 19 heavy (non-hydrogen) atoms. The molecule has 0 saturated carbocycles. The highest BCUT2D eigenvalue weighted by Crippen LogP contribution is 2.27. The topological polar surface area (TPSA) is 25.2 Å². The van der Waals surface area contributed by atoms with Crippen LogP contribution in [0.1, 0.15) is 16.7 Å². The van der Waals surface area contributed by atoms with Crippen LogP contribution in [0.15, 0.2) is 46.2 Å². The van der Waals surface area contributed by atoms with Crippen LogP contribution in [0, 0.1) is 5.82 Å². The predicted molar refractivity (Wildman–Crippen MR) is 76.0 cm³/mol. The van der Waals surface area contributed by atoms with E-state index in [2.05, 4.69) is 16.8 Å². The van der Waals surface area contributed by atoms with Crippen molar-refractivity contribution in [3.63, 3.8) is 0 Å². The number of rotatable bonds is 4. The molecule has 0 amide bonds. The Morgan fingerprint density at radius 1 is 1.32 bits per heavy atom. The van der Waals surface area contributed by atoms with E-state index < -0.39 is 0 Å². The van der Waals surface area contributed by atoms with Crippen molar-refractivity contribution in [1.82, 2.24) is 5.32 Å². The number of fused-ring (bicyclic) bond motifs is 1. The van der Waals surface area contributed by atoms with Gasteiger partial charge in [0.1, 0.15) is 17.2 Å². The number of furan rings is 1. The van der Waals surface area contributed by atoms with Crippen LogP contribution in [0.3, 0.4) is 0 Å². The number of thiophene rings is 1. The molecule has 1 unspecified atom stereocenters. The van der Waals surface area contributed by atoms with Gasteiger partial charge in [-0.25, -0.2) is 4.39 Å². The summed E-state index contributed by atoms with van der Waals surface area (Å²) in [5.41, 5.74) is 0.725. The quantitative estimate of drug-likeness (QED) is 0.774. The number of likely N-dealkylation sites (N-methyl/N-ethyl adjacent to an activating group) is 1. The molecule has 3 aromatic rings. The second-order valence-electron chi connectivity index (χ2n) is 4.46. The third-order valence-electron chi connectivity index (χ3n) is 3.17. The summed E-state index contributed by atoms with van der Waals surface area (Å²) in [5, 5.41) is 6.12. The Labute approximate surface area is 114 Å². The second-order valence-corrected chi connectivity index (χ2v) is 5.49. The third-order valence-corrected chi connectivity index (χ3v) is 4.07. The van der Waals surface area contributed by atoms with E-state index in [1.165, 1.54) is 17.0 Å². The highest BCUT2D eigenvalue weighted by Gasteiger charge is 2.16. The molecule has 0 aliphatic rings. The summed E-state index contributed by atoms with van der Waals surface area (Å²) in [6.07, 6.45) is 0.871. The average molecular weight is 275 g/mol. The molecule has 98 valence electrons. The molecule has 1 atom stereocenters. The summed E-state index contributed by atoms with van der Waals surface area (Å²) in [5.74, 6) is 0.607. The minimum Gasteiger partial charge on any atom is -0.459 e. The Hall–Kier alpha value is -1.65. The molecule has 1 N–H and O–H groups in total. The van der Waals surface area contributed by atoms with Crippen LogP contribution >= 0.6 is 11.3 Å². The Balaban J connectivity index is 1.92. The summed E-state index contributed by atoms with van der Waals surface area (Å²) in [6.45, 7) is 0. The van der Waals surface area contributed by atoms with Crippen molar-refractivity contribution >= 4 is 22.3 Å². The minimum absolute atomic E-state index is 0.106. The lowest BCUT2D eigenvalue weighted by atomic mass is 10.1. The van der Waals surface area contributed by atoms with Gasteiger partial charge >= 0.3 is 0 Å². The maximum Gasteiger partial charge on any atom is 0.134 e. The molecule has 0 saturated heterocycles. The Morgan fingerprint density at radius 3 is 2.95 bits per heavy atom. The van der Waals surface area contributed by atoms with E-state index in [1.54, 1.807) is 17.4 Å². The monoisotopic (exact) mass is 275 g/mol. The van der Waals surface area contributed by atoms with Crippen LogP contribution in [0.2, 0.25) is 0 Å². The molecule has 0 aliphatic carbocycles. The van der Waals surface area contributed by atoms with Gasteiger partial charge in [-0.15, -0.1) is 11.3 Å². The van der Waals surface area contributed by atoms with Crippen LogP contribution in [0.4, 0.5) is 4.39 Å². The van der Waals surface area contributed by atoms with Crippen molar-refractivity contribution in [3.05, 3.63) is 58.2 Å². The highest BCUT2D eigenvalue weighted by molar-refractivity contribution is 7.09. The average Bonchev–Trinajstić information content (AvgIpc) is 3.03. The van der Waals surface area contributed by atoms with Gasteiger partial charge in [0.05, 0.1) is 6.04 Å². The van der Waals surface area contributed by atoms with Crippen LogP contribution < -0.4 is 5.32 Å². The standard InChI is InChI=1S/C15H14FNOS/c1-17-13(9-12-3-2-6-19-12)15-8-10-7-11(16)4-5-14(10)18-15/h2-8,13,17H,9H2,1H3. The van der Waals surface area contributed by atoms with E-state index in [4.69, 9.17) is 4.42 Å². The van der Waals surface area contributed by atoms with Gasteiger partial charge in [0.25, 0.3) is 0 Å². The maximum atomic E-state index is 13.2. The SMILES string of the molecule is CNC(Cc1cccs1)c1cc2cc(F)ccc2o1. The van der Waals surface area contributed by atoms with E-state index >= 15 is 0 Å². The zero-order valence-electron chi connectivity index (χ0n) is 10.5. The maximum absolute atomic E-state index is 13.2. The summed E-state index contributed by atoms with van der Waals surface area (Å²) in [6, 6.07) is 10.8. The largest absolute Gasteiger partial charge is 0.459 e. The fraction of sp³-hybridized carbons (Fsp3) is 0.200. The molecule has 3 rings (SSSR count). The van der Waals surface area contributed by atoms with Gasteiger partial charge in [0, 0.05) is 16.7 Å². The molecule has 0 spiro atoms. The normalized spacial score (nSPS) is 12.9. The molecule has 4 heteroatoms. The zero-order chi connectivity index (χ0) is 13.2. The fourth-order valence-electron chi connectivity index (χ4n) is 2.18. The van der Waals surface area contributed by atoms with Crippen LogP contribution in [0.25, 0.3) is 11.0 Å². The Morgan fingerprint density at radius 2 is 2.21 bits per heavy atom. The second kappa shape index (κ2) is 5.15. The smallest absolute Gasteiger partial charge is 0.134 e. The first-order valence-electron chi connectivity index (χ1n) is 6.15. The summed E-state index contributed by atoms with van der Waals surface area (Å²) in [4.78, 5) is 1.30. The number of hydrogen-bond donors (Lipinski definition) is 1. The van der Waals surface area contributed by atoms with Gasteiger partial charge < -0.3 is 9.73 Å². The van der Waals surface area contributed by atoms with Crippen molar-refractivity contribution in [1.29, 1.82) is 0 Å². The van der Waals surface area contributed by atoms with Gasteiger partial charge in [-0.3, -0.25) is 0 Å². The van der Waals surface area contributed by atoms with Crippen molar-refractivity contribution < 1.29 is 8.81 Å². The first-order chi connectivity index (χ1) is 9.26. The minimum atomic E-state index is -0.237. The molecule has 2 nitrogen and oxygen atoms in total. The first kappa shape index (κ1) is 12.4. The third kappa shape index (κ3) is 2.55. The van der Waals surface area contributed by atoms with E-state index in [0.29, 0.717) is 0 Å². The lowest BCUT2D eigenvalue weighted by Gasteiger charge is -2.11. The molecule has 0 fully saturated rings. The summed E-state index contributed by atoms with van der Waals surface area (Å²) in [7, 11) is 1.91. The Kier molecular flexibility index (Phi) is 3.36. The molecule has 1 aromatic carbocycles. The van der Waals surface area contributed by atoms with E-state index in [-0.39, 0.29) is 11.9 Å². The van der Waals surface area contributed by atoms with Crippen LogP contribution in [-0.2, 0) is 6.42 Å². The van der Waals surface area contributed by atoms with Crippen molar-refractivity contribution in [3.8, 4) is 0 Å². The van der Waals surface area contributed by atoms with Crippen molar-refractivity contribution in [2.24, 2.45) is 0 Å². The van der Waals surface area contributed by atoms with E-state index in [9.17, 15) is 4.39 Å². The Bertz CT molecular complexity index is 675. The van der Waals surface area contributed by atoms with E-state index in [0.717, 1.165) is 23.2 Å². The van der Waals surface area contributed by atoms with Crippen molar-refractivity contribution in [2.75, 3.05) is 7.05 Å². The zero-order valence-corrected chi connectivity index (χ0v) is 11.3. The number of hydrogen-bond acceptors (Lipinski definition) is 3. The number of benzene rings is 1. The van der Waals surface area contributed by atoms with Gasteiger partial charge in [0.15, 0.2) is 0 Å². The molecular weight excluding hydrogens is 261 g/mol. The predicted octanol–water partition coefficient (Wildman–Crippen LogP) is 4.14. The number of nitrogens with one attached hydrogen (secondary N) is 1. The van der Waals surface area contributed by atoms with Crippen LogP contribution in [0.5, 0.6) is 0 Å². The highest BCUT2D eigenvalue weighted by atomic mass is 32.1. The summed E-state index contributed by atoms with van der Waals surface area (Å²) >= 11 is 1.73. The lowest BCUT2D eigenvalue weighted by molar-refractivity contribution is 0.452. The van der Waals surface area contributed by atoms with E-state index in [1.807, 2.05) is 19.2 Å².